The van der Waals surface area contributed by atoms with E-state index in [-0.39, 0.29) is 0 Å². The van der Waals surface area contributed by atoms with Crippen molar-refractivity contribution in [2.75, 3.05) is 0 Å². The summed E-state index contributed by atoms with van der Waals surface area (Å²) in [6, 6.07) is 0. The molecule has 0 unspecified atom stereocenters. The SMILES string of the molecule is c1c[nH]cn1.c1c[nH]cn1.c1cocn1. The topological polar surface area (TPSA) is 83.4 Å². The Labute approximate surface area is 86.4 Å². The first-order chi connectivity index (χ1) is 7.50. The second-order valence-electron chi connectivity index (χ2n) is 2.20. The summed E-state index contributed by atoms with van der Waals surface area (Å²) in [4.78, 5) is 16.4. The molecule has 6 heteroatoms. The number of imidazole rings is 2. The third kappa shape index (κ3) is 6.76. The van der Waals surface area contributed by atoms with E-state index < -0.39 is 0 Å². The molecule has 0 aliphatic carbocycles. The molecular weight excluding hydrogens is 194 g/mol. The van der Waals surface area contributed by atoms with Gasteiger partial charge < -0.3 is 14.4 Å². The van der Waals surface area contributed by atoms with Crippen LogP contribution < -0.4 is 0 Å². The lowest BCUT2D eigenvalue weighted by Gasteiger charge is -1.47. The zero-order chi connectivity index (χ0) is 10.6. The molecule has 0 bridgehead atoms. The molecule has 78 valence electrons. The van der Waals surface area contributed by atoms with Gasteiger partial charge >= 0.3 is 0 Å². The summed E-state index contributed by atoms with van der Waals surface area (Å²) in [5.74, 6) is 0. The highest BCUT2D eigenvalue weighted by atomic mass is 16.3. The Balaban J connectivity index is 0.000000112. The normalized spacial score (nSPS) is 8.00. The van der Waals surface area contributed by atoms with Crippen LogP contribution in [0.15, 0.2) is 60.7 Å². The third-order valence-electron chi connectivity index (χ3n) is 1.16. The molecule has 0 radical (unpaired) electrons. The van der Waals surface area contributed by atoms with Crippen molar-refractivity contribution in [3.8, 4) is 0 Å². The zero-order valence-electron chi connectivity index (χ0n) is 7.95. The fraction of sp³-hybridized carbons (Fsp3) is 0. The Kier molecular flexibility index (Phi) is 5.88. The standard InChI is InChI=1S/2C3H4N2.C3H3NO/c3*1-2-5-3-4-1/h2*1-3H,(H,4,5);1-3H. The smallest absolute Gasteiger partial charge is 0.180 e. The molecule has 3 rings (SSSR count). The van der Waals surface area contributed by atoms with Crippen LogP contribution in [0.2, 0.25) is 0 Å². The van der Waals surface area contributed by atoms with Crippen LogP contribution >= 0.6 is 0 Å². The number of oxazole rings is 1. The van der Waals surface area contributed by atoms with Gasteiger partial charge in [-0.1, -0.05) is 0 Å². The Morgan fingerprint density at radius 1 is 0.800 bits per heavy atom. The number of hydrogen-bond donors (Lipinski definition) is 2. The predicted molar refractivity (Wildman–Crippen MR) is 53.7 cm³/mol. The minimum absolute atomic E-state index is 1.38. The van der Waals surface area contributed by atoms with Crippen LogP contribution in [0.1, 0.15) is 0 Å². The van der Waals surface area contributed by atoms with Gasteiger partial charge in [0.1, 0.15) is 6.26 Å². The highest BCUT2D eigenvalue weighted by Crippen LogP contribution is 1.72. The number of aromatic nitrogens is 5. The molecule has 0 saturated carbocycles. The van der Waals surface area contributed by atoms with E-state index >= 15 is 0 Å². The Morgan fingerprint density at radius 3 is 1.60 bits per heavy atom. The predicted octanol–water partition coefficient (Wildman–Crippen LogP) is 1.49. The maximum atomic E-state index is 4.47. The Morgan fingerprint density at radius 2 is 1.47 bits per heavy atom. The molecule has 3 aromatic rings. The van der Waals surface area contributed by atoms with Crippen LogP contribution in [0.4, 0.5) is 0 Å². The molecule has 0 fully saturated rings. The van der Waals surface area contributed by atoms with Crippen LogP contribution in [-0.2, 0) is 0 Å². The zero-order valence-corrected chi connectivity index (χ0v) is 7.95. The van der Waals surface area contributed by atoms with Gasteiger partial charge in [-0.05, 0) is 0 Å². The monoisotopic (exact) mass is 205 g/mol. The minimum Gasteiger partial charge on any atom is -0.452 e. The fourth-order valence-electron chi connectivity index (χ4n) is 0.606. The van der Waals surface area contributed by atoms with Crippen molar-refractivity contribution in [3.63, 3.8) is 0 Å². The van der Waals surface area contributed by atoms with Gasteiger partial charge in [0.2, 0.25) is 0 Å². The second kappa shape index (κ2) is 8.24. The van der Waals surface area contributed by atoms with Crippen LogP contribution in [0.5, 0.6) is 0 Å². The fourth-order valence-corrected chi connectivity index (χ4v) is 0.606. The maximum absolute atomic E-state index is 4.47. The van der Waals surface area contributed by atoms with Crippen molar-refractivity contribution < 1.29 is 4.42 Å². The minimum atomic E-state index is 1.38. The van der Waals surface area contributed by atoms with Crippen molar-refractivity contribution in [2.24, 2.45) is 0 Å². The molecule has 6 nitrogen and oxygen atoms in total. The van der Waals surface area contributed by atoms with E-state index in [1.807, 2.05) is 0 Å². The number of hydrogen-bond acceptors (Lipinski definition) is 4. The van der Waals surface area contributed by atoms with Crippen LogP contribution in [0.25, 0.3) is 0 Å². The van der Waals surface area contributed by atoms with Gasteiger partial charge in [-0.3, -0.25) is 0 Å². The van der Waals surface area contributed by atoms with Crippen LogP contribution in [-0.4, -0.2) is 24.9 Å². The molecule has 0 saturated heterocycles. The van der Waals surface area contributed by atoms with Gasteiger partial charge in [0.05, 0.1) is 18.9 Å². The van der Waals surface area contributed by atoms with E-state index in [4.69, 9.17) is 0 Å². The summed E-state index contributed by atoms with van der Waals surface area (Å²) in [7, 11) is 0. The Hall–Kier alpha value is -2.37. The van der Waals surface area contributed by atoms with E-state index in [1.165, 1.54) is 12.7 Å². The van der Waals surface area contributed by atoms with E-state index in [1.54, 1.807) is 43.6 Å². The van der Waals surface area contributed by atoms with Gasteiger partial charge in [0, 0.05) is 24.8 Å². The highest BCUT2D eigenvalue weighted by molar-refractivity contribution is 4.65. The summed E-state index contributed by atoms with van der Waals surface area (Å²) in [6.45, 7) is 0. The average molecular weight is 205 g/mol. The lowest BCUT2D eigenvalue weighted by molar-refractivity contribution is 0.558. The first-order valence-corrected chi connectivity index (χ1v) is 4.18. The molecule has 15 heavy (non-hydrogen) atoms. The molecule has 0 aliphatic heterocycles. The second-order valence-corrected chi connectivity index (χ2v) is 2.20. The third-order valence-corrected chi connectivity index (χ3v) is 1.16. The van der Waals surface area contributed by atoms with Crippen LogP contribution in [0.3, 0.4) is 0 Å². The van der Waals surface area contributed by atoms with Gasteiger partial charge in [-0.15, -0.1) is 0 Å². The molecule has 3 aromatic heterocycles. The van der Waals surface area contributed by atoms with Gasteiger partial charge in [-0.25, -0.2) is 15.0 Å². The largest absolute Gasteiger partial charge is 0.452 e. The highest BCUT2D eigenvalue weighted by Gasteiger charge is 1.59. The van der Waals surface area contributed by atoms with Gasteiger partial charge in [-0.2, -0.15) is 0 Å². The number of H-pyrrole nitrogens is 2. The van der Waals surface area contributed by atoms with E-state index in [0.29, 0.717) is 0 Å². The maximum Gasteiger partial charge on any atom is 0.180 e. The molecule has 0 amide bonds. The molecule has 3 heterocycles. The summed E-state index contributed by atoms with van der Waals surface area (Å²) in [6.07, 6.45) is 14.6. The van der Waals surface area contributed by atoms with Crippen molar-refractivity contribution in [1.82, 2.24) is 24.9 Å². The van der Waals surface area contributed by atoms with E-state index in [0.717, 1.165) is 0 Å². The summed E-state index contributed by atoms with van der Waals surface area (Å²) >= 11 is 0. The first-order valence-electron chi connectivity index (χ1n) is 4.18. The average Bonchev–Trinajstić information content (AvgIpc) is 3.09. The lowest BCUT2D eigenvalue weighted by atomic mass is 11.0. The molecule has 2 N–H and O–H groups in total. The van der Waals surface area contributed by atoms with Gasteiger partial charge in [0.15, 0.2) is 6.39 Å². The number of rotatable bonds is 0. The van der Waals surface area contributed by atoms with Crippen molar-refractivity contribution in [1.29, 1.82) is 0 Å². The van der Waals surface area contributed by atoms with E-state index in [9.17, 15) is 0 Å². The summed E-state index contributed by atoms with van der Waals surface area (Å²) < 4.78 is 4.47. The molecule has 0 atom stereocenters. The van der Waals surface area contributed by atoms with Crippen LogP contribution in [0, 0.1) is 0 Å². The summed E-state index contributed by atoms with van der Waals surface area (Å²) in [5, 5.41) is 0. The molecular formula is C9H11N5O. The van der Waals surface area contributed by atoms with Crippen molar-refractivity contribution >= 4 is 0 Å². The van der Waals surface area contributed by atoms with Crippen molar-refractivity contribution in [3.05, 3.63) is 56.3 Å². The molecule has 0 spiro atoms. The Bertz CT molecular complexity index is 250. The first kappa shape index (κ1) is 10.7. The van der Waals surface area contributed by atoms with Gasteiger partial charge in [0.25, 0.3) is 0 Å². The molecule has 0 aromatic carbocycles. The number of nitrogens with one attached hydrogen (secondary N) is 2. The van der Waals surface area contributed by atoms with E-state index in [2.05, 4.69) is 29.3 Å². The summed E-state index contributed by atoms with van der Waals surface area (Å²) in [5.41, 5.74) is 0. The number of nitrogens with zero attached hydrogens (tertiary/aromatic N) is 3. The molecule has 0 aliphatic rings. The number of aromatic amines is 2. The lowest BCUT2D eigenvalue weighted by Crippen LogP contribution is -1.44. The van der Waals surface area contributed by atoms with Crippen molar-refractivity contribution in [2.45, 2.75) is 0 Å². The quantitative estimate of drug-likeness (QED) is 0.582.